The predicted octanol–water partition coefficient (Wildman–Crippen LogP) is 3.55. The van der Waals surface area contributed by atoms with Gasteiger partial charge < -0.3 is 10.2 Å². The Morgan fingerprint density at radius 2 is 1.81 bits per heavy atom. The number of carboxylic acid groups (broad SMARTS) is 1. The smallest absolute Gasteiger partial charge is 0.339 e. The molecule has 0 bridgehead atoms. The lowest BCUT2D eigenvalue weighted by molar-refractivity contribution is 0.0694. The summed E-state index contributed by atoms with van der Waals surface area (Å²) in [6.45, 7) is 0. The van der Waals surface area contributed by atoms with Crippen LogP contribution in [0.5, 0.6) is 5.75 Å². The van der Waals surface area contributed by atoms with Crippen molar-refractivity contribution in [3.63, 3.8) is 0 Å². The first-order chi connectivity index (χ1) is 7.50. The number of halogens is 2. The molecule has 16 heavy (non-hydrogen) atoms. The number of benzene rings is 2. The van der Waals surface area contributed by atoms with E-state index in [2.05, 4.69) is 0 Å². The second-order valence-corrected chi connectivity index (χ2v) is 4.09. The van der Waals surface area contributed by atoms with Crippen molar-refractivity contribution < 1.29 is 15.0 Å². The molecule has 0 saturated carbocycles. The fraction of sp³-hybridized carbons (Fsp3) is 0. The van der Waals surface area contributed by atoms with Crippen LogP contribution in [-0.2, 0) is 0 Å². The van der Waals surface area contributed by atoms with E-state index in [0.29, 0.717) is 15.8 Å². The molecule has 0 amide bonds. The highest BCUT2D eigenvalue weighted by Crippen LogP contribution is 2.35. The van der Waals surface area contributed by atoms with Crippen molar-refractivity contribution in [3.8, 4) is 5.75 Å². The molecule has 0 aliphatic heterocycles. The number of phenols is 1. The summed E-state index contributed by atoms with van der Waals surface area (Å²) in [6.07, 6.45) is 0. The number of aromatic carboxylic acids is 1. The van der Waals surface area contributed by atoms with Crippen LogP contribution in [0.1, 0.15) is 10.4 Å². The van der Waals surface area contributed by atoms with E-state index in [1.165, 1.54) is 12.1 Å². The van der Waals surface area contributed by atoms with Gasteiger partial charge in [-0.05, 0) is 18.2 Å². The van der Waals surface area contributed by atoms with Gasteiger partial charge in [0.1, 0.15) is 11.3 Å². The summed E-state index contributed by atoms with van der Waals surface area (Å²) in [5.74, 6) is -1.56. The van der Waals surface area contributed by atoms with E-state index in [-0.39, 0.29) is 16.3 Å². The minimum atomic E-state index is -1.23. The Morgan fingerprint density at radius 1 is 1.12 bits per heavy atom. The van der Waals surface area contributed by atoms with Crippen molar-refractivity contribution in [1.29, 1.82) is 0 Å². The third-order valence-corrected chi connectivity index (χ3v) is 2.80. The lowest BCUT2D eigenvalue weighted by Gasteiger charge is -2.07. The summed E-state index contributed by atoms with van der Waals surface area (Å²) in [7, 11) is 0. The number of hydrogen-bond acceptors (Lipinski definition) is 2. The van der Waals surface area contributed by atoms with Crippen molar-refractivity contribution in [2.24, 2.45) is 0 Å². The van der Waals surface area contributed by atoms with Crippen LogP contribution in [0.3, 0.4) is 0 Å². The molecule has 0 heterocycles. The van der Waals surface area contributed by atoms with Gasteiger partial charge in [-0.15, -0.1) is 0 Å². The van der Waals surface area contributed by atoms with Gasteiger partial charge in [-0.2, -0.15) is 0 Å². The van der Waals surface area contributed by atoms with E-state index < -0.39 is 5.97 Å². The fourth-order valence-corrected chi connectivity index (χ4v) is 1.95. The topological polar surface area (TPSA) is 57.5 Å². The van der Waals surface area contributed by atoms with E-state index in [1.54, 1.807) is 12.1 Å². The third-order valence-electron chi connectivity index (χ3n) is 2.25. The van der Waals surface area contributed by atoms with Crippen LogP contribution in [0.4, 0.5) is 0 Å². The van der Waals surface area contributed by atoms with Crippen LogP contribution >= 0.6 is 23.2 Å². The van der Waals surface area contributed by atoms with Gasteiger partial charge in [-0.25, -0.2) is 4.79 Å². The molecule has 2 aromatic carbocycles. The lowest BCUT2D eigenvalue weighted by atomic mass is 10.1. The Kier molecular flexibility index (Phi) is 2.66. The molecular weight excluding hydrogens is 251 g/mol. The Hall–Kier alpha value is -1.45. The average molecular weight is 257 g/mol. The second kappa shape index (κ2) is 3.85. The van der Waals surface area contributed by atoms with Gasteiger partial charge in [-0.3, -0.25) is 0 Å². The first kappa shape index (κ1) is 11.0. The molecule has 0 aliphatic rings. The van der Waals surface area contributed by atoms with Crippen molar-refractivity contribution in [2.75, 3.05) is 0 Å². The third kappa shape index (κ3) is 1.68. The molecule has 82 valence electrons. The zero-order chi connectivity index (χ0) is 11.9. The Labute approximate surface area is 101 Å². The average Bonchev–Trinajstić information content (AvgIpc) is 2.22. The molecule has 0 aliphatic carbocycles. The summed E-state index contributed by atoms with van der Waals surface area (Å²) in [5.41, 5.74) is -0.236. The quantitative estimate of drug-likeness (QED) is 0.821. The molecule has 2 rings (SSSR count). The van der Waals surface area contributed by atoms with Gasteiger partial charge >= 0.3 is 5.97 Å². The van der Waals surface area contributed by atoms with E-state index in [1.807, 2.05) is 0 Å². The summed E-state index contributed by atoms with van der Waals surface area (Å²) in [5, 5.41) is 20.2. The summed E-state index contributed by atoms with van der Waals surface area (Å²) < 4.78 is 0. The normalized spacial score (nSPS) is 10.6. The summed E-state index contributed by atoms with van der Waals surface area (Å²) in [4.78, 5) is 10.9. The molecular formula is C11H6Cl2O3. The fourth-order valence-electron chi connectivity index (χ4n) is 1.50. The van der Waals surface area contributed by atoms with Gasteiger partial charge in [0.25, 0.3) is 0 Å². The number of fused-ring (bicyclic) bond motifs is 1. The highest BCUT2D eigenvalue weighted by molar-refractivity contribution is 6.37. The molecule has 0 fully saturated rings. The number of aromatic hydroxyl groups is 1. The highest BCUT2D eigenvalue weighted by Gasteiger charge is 2.15. The maximum atomic E-state index is 10.9. The minimum absolute atomic E-state index is 0.236. The van der Waals surface area contributed by atoms with Gasteiger partial charge in [0.05, 0.1) is 0 Å². The van der Waals surface area contributed by atoms with Crippen LogP contribution < -0.4 is 0 Å². The Bertz CT molecular complexity index is 593. The van der Waals surface area contributed by atoms with Crippen LogP contribution in [-0.4, -0.2) is 16.2 Å². The van der Waals surface area contributed by atoms with E-state index in [4.69, 9.17) is 28.3 Å². The van der Waals surface area contributed by atoms with Gasteiger partial charge in [0, 0.05) is 20.8 Å². The lowest BCUT2D eigenvalue weighted by Crippen LogP contribution is -1.97. The second-order valence-electron chi connectivity index (χ2n) is 3.25. The molecule has 0 spiro atoms. The standard InChI is InChI=1S/C11H6Cl2O3/c12-5-1-2-6-7(3-5)10(14)8(11(15)16)4-9(6)13/h1-4,14H,(H,15,16). The number of carboxylic acids is 1. The summed E-state index contributed by atoms with van der Waals surface area (Å²) >= 11 is 11.7. The van der Waals surface area contributed by atoms with Gasteiger partial charge in [0.15, 0.2) is 0 Å². The largest absolute Gasteiger partial charge is 0.506 e. The maximum Gasteiger partial charge on any atom is 0.339 e. The predicted molar refractivity (Wildman–Crippen MR) is 62.6 cm³/mol. The molecule has 5 heteroatoms. The number of rotatable bonds is 1. The minimum Gasteiger partial charge on any atom is -0.506 e. The molecule has 0 saturated heterocycles. The van der Waals surface area contributed by atoms with Crippen molar-refractivity contribution in [3.05, 3.63) is 39.9 Å². The van der Waals surface area contributed by atoms with Crippen molar-refractivity contribution >= 4 is 39.9 Å². The maximum absolute atomic E-state index is 10.9. The van der Waals surface area contributed by atoms with Crippen LogP contribution in [0.2, 0.25) is 10.0 Å². The van der Waals surface area contributed by atoms with Crippen molar-refractivity contribution in [2.45, 2.75) is 0 Å². The Morgan fingerprint density at radius 3 is 2.44 bits per heavy atom. The first-order valence-corrected chi connectivity index (χ1v) is 5.10. The first-order valence-electron chi connectivity index (χ1n) is 4.34. The number of carbonyl (C=O) groups is 1. The monoisotopic (exact) mass is 256 g/mol. The number of hydrogen-bond donors (Lipinski definition) is 2. The van der Waals surface area contributed by atoms with E-state index >= 15 is 0 Å². The molecule has 0 aromatic heterocycles. The van der Waals surface area contributed by atoms with Gasteiger partial charge in [-0.1, -0.05) is 29.3 Å². The van der Waals surface area contributed by atoms with Crippen LogP contribution in [0.15, 0.2) is 24.3 Å². The van der Waals surface area contributed by atoms with Crippen LogP contribution in [0.25, 0.3) is 10.8 Å². The highest BCUT2D eigenvalue weighted by atomic mass is 35.5. The molecule has 0 unspecified atom stereocenters. The van der Waals surface area contributed by atoms with Gasteiger partial charge in [0.2, 0.25) is 0 Å². The summed E-state index contributed by atoms with van der Waals surface area (Å²) in [6, 6.07) is 5.95. The molecule has 0 radical (unpaired) electrons. The zero-order valence-corrected chi connectivity index (χ0v) is 9.38. The van der Waals surface area contributed by atoms with Crippen LogP contribution in [0, 0.1) is 0 Å². The van der Waals surface area contributed by atoms with Crippen molar-refractivity contribution in [1.82, 2.24) is 0 Å². The SMILES string of the molecule is O=C(O)c1cc(Cl)c2ccc(Cl)cc2c1O. The Balaban J connectivity index is 2.91. The van der Waals surface area contributed by atoms with E-state index in [0.717, 1.165) is 0 Å². The molecule has 3 nitrogen and oxygen atoms in total. The zero-order valence-electron chi connectivity index (χ0n) is 7.87. The molecule has 0 atom stereocenters. The molecule has 2 aromatic rings. The molecule has 2 N–H and O–H groups in total. The van der Waals surface area contributed by atoms with E-state index in [9.17, 15) is 9.90 Å².